The summed E-state index contributed by atoms with van der Waals surface area (Å²) < 4.78 is 16.2. The minimum Gasteiger partial charge on any atom is -0.493 e. The quantitative estimate of drug-likeness (QED) is 0.671. The van der Waals surface area contributed by atoms with Crippen molar-refractivity contribution in [2.45, 2.75) is 0 Å². The molecule has 7 heteroatoms. The molecule has 134 valence electrons. The van der Waals surface area contributed by atoms with E-state index >= 15 is 0 Å². The molecule has 0 spiro atoms. The van der Waals surface area contributed by atoms with Crippen LogP contribution < -0.4 is 20.2 Å². The molecule has 1 heterocycles. The second-order valence-electron chi connectivity index (χ2n) is 5.37. The van der Waals surface area contributed by atoms with Crippen molar-refractivity contribution in [3.8, 4) is 11.5 Å². The minimum atomic E-state index is -0.498. The van der Waals surface area contributed by atoms with Crippen molar-refractivity contribution < 1.29 is 18.7 Å². The molecule has 0 saturated carbocycles. The number of nitrogens with one attached hydrogen (secondary N) is 1. The van der Waals surface area contributed by atoms with Gasteiger partial charge >= 0.3 is 0 Å². The molecule has 1 amide bonds. The number of benzene rings is 2. The van der Waals surface area contributed by atoms with Gasteiger partial charge in [-0.2, -0.15) is 0 Å². The number of para-hydroxylation sites is 2. The fourth-order valence-electron chi connectivity index (χ4n) is 2.39. The third-order valence-corrected chi connectivity index (χ3v) is 3.86. The lowest BCUT2D eigenvalue weighted by Crippen LogP contribution is -2.28. The third-order valence-electron chi connectivity index (χ3n) is 3.63. The van der Waals surface area contributed by atoms with Gasteiger partial charge in [-0.05, 0) is 30.3 Å². The Bertz CT molecular complexity index is 999. The molecular weight excluding hydrogens is 358 g/mol. The predicted molar refractivity (Wildman–Crippen MR) is 98.3 cm³/mol. The molecular formula is C19H16ClNO5. The average Bonchev–Trinajstić information content (AvgIpc) is 2.65. The highest BCUT2D eigenvalue weighted by atomic mass is 35.5. The molecule has 0 saturated heterocycles. The van der Waals surface area contributed by atoms with Gasteiger partial charge in [0.2, 0.25) is 0 Å². The number of carbonyl (C=O) groups is 1. The first-order valence-electron chi connectivity index (χ1n) is 7.86. The van der Waals surface area contributed by atoms with Crippen LogP contribution in [0, 0.1) is 0 Å². The highest BCUT2D eigenvalue weighted by Gasteiger charge is 2.12. The Morgan fingerprint density at radius 3 is 2.69 bits per heavy atom. The van der Waals surface area contributed by atoms with Crippen LogP contribution in [0.3, 0.4) is 0 Å². The molecule has 0 unspecified atom stereocenters. The first kappa shape index (κ1) is 17.8. The summed E-state index contributed by atoms with van der Waals surface area (Å²) in [4.78, 5) is 24.3. The normalized spacial score (nSPS) is 10.5. The number of rotatable bonds is 6. The number of halogens is 1. The van der Waals surface area contributed by atoms with Crippen molar-refractivity contribution >= 4 is 28.5 Å². The minimum absolute atomic E-state index is 0.0675. The topological polar surface area (TPSA) is 77.8 Å². The average molecular weight is 374 g/mol. The Labute approximate surface area is 154 Å². The van der Waals surface area contributed by atoms with Crippen LogP contribution in [0.2, 0.25) is 5.02 Å². The van der Waals surface area contributed by atoms with E-state index in [4.69, 9.17) is 25.5 Å². The zero-order chi connectivity index (χ0) is 18.5. The maximum absolute atomic E-state index is 12.2. The van der Waals surface area contributed by atoms with E-state index in [2.05, 4.69) is 5.32 Å². The number of methoxy groups -OCH3 is 1. The number of amides is 1. The van der Waals surface area contributed by atoms with Crippen LogP contribution in [0.4, 0.5) is 0 Å². The number of ether oxygens (including phenoxy) is 2. The van der Waals surface area contributed by atoms with Gasteiger partial charge in [-0.1, -0.05) is 23.7 Å². The molecule has 3 aromatic rings. The highest BCUT2D eigenvalue weighted by molar-refractivity contribution is 6.31. The molecule has 1 N–H and O–H groups in total. The Kier molecular flexibility index (Phi) is 5.43. The van der Waals surface area contributed by atoms with Crippen LogP contribution in [-0.2, 0) is 0 Å². The van der Waals surface area contributed by atoms with E-state index in [1.54, 1.807) is 31.4 Å². The van der Waals surface area contributed by atoms with Gasteiger partial charge in [-0.15, -0.1) is 0 Å². The van der Waals surface area contributed by atoms with E-state index in [0.29, 0.717) is 27.5 Å². The van der Waals surface area contributed by atoms with Gasteiger partial charge in [0.1, 0.15) is 12.2 Å². The first-order chi connectivity index (χ1) is 12.6. The molecule has 2 aromatic carbocycles. The van der Waals surface area contributed by atoms with Gasteiger partial charge in [-0.3, -0.25) is 9.59 Å². The van der Waals surface area contributed by atoms with Crippen LogP contribution >= 0.6 is 11.6 Å². The van der Waals surface area contributed by atoms with Gasteiger partial charge in [-0.25, -0.2) is 0 Å². The van der Waals surface area contributed by atoms with Crippen molar-refractivity contribution in [1.29, 1.82) is 0 Å². The molecule has 1 aromatic heterocycles. The second-order valence-corrected chi connectivity index (χ2v) is 5.81. The number of hydrogen-bond acceptors (Lipinski definition) is 5. The van der Waals surface area contributed by atoms with Gasteiger partial charge in [0.15, 0.2) is 22.7 Å². The van der Waals surface area contributed by atoms with Crippen LogP contribution in [0.1, 0.15) is 10.6 Å². The molecule has 0 aliphatic rings. The summed E-state index contributed by atoms with van der Waals surface area (Å²) in [7, 11) is 1.55. The lowest BCUT2D eigenvalue weighted by Gasteiger charge is -2.10. The van der Waals surface area contributed by atoms with E-state index < -0.39 is 5.91 Å². The molecule has 0 aliphatic heterocycles. The largest absolute Gasteiger partial charge is 0.493 e. The standard InChI is InChI=1S/C19H16ClNO5/c1-24-16-4-2-3-5-17(16)25-9-8-21-19(23)18-11-14(22)13-10-12(20)6-7-15(13)26-18/h2-7,10-11H,8-9H2,1H3,(H,21,23). The van der Waals surface area contributed by atoms with Crippen molar-refractivity contribution in [2.75, 3.05) is 20.3 Å². The number of carbonyl (C=O) groups excluding carboxylic acids is 1. The fraction of sp³-hybridized carbons (Fsp3) is 0.158. The van der Waals surface area contributed by atoms with Crippen LogP contribution in [0.15, 0.2) is 57.7 Å². The van der Waals surface area contributed by atoms with Gasteiger partial charge in [0.25, 0.3) is 5.91 Å². The molecule has 26 heavy (non-hydrogen) atoms. The van der Waals surface area contributed by atoms with Crippen molar-refractivity contribution in [3.63, 3.8) is 0 Å². The fourth-order valence-corrected chi connectivity index (χ4v) is 2.56. The Hall–Kier alpha value is -2.99. The summed E-state index contributed by atoms with van der Waals surface area (Å²) >= 11 is 5.87. The summed E-state index contributed by atoms with van der Waals surface area (Å²) in [5.74, 6) is 0.626. The molecule has 0 fully saturated rings. The Morgan fingerprint density at radius 1 is 1.15 bits per heavy atom. The molecule has 0 atom stereocenters. The van der Waals surface area contributed by atoms with Crippen molar-refractivity contribution in [1.82, 2.24) is 5.32 Å². The summed E-state index contributed by atoms with van der Waals surface area (Å²) in [6.45, 7) is 0.471. The zero-order valence-electron chi connectivity index (χ0n) is 14.0. The van der Waals surface area contributed by atoms with E-state index in [9.17, 15) is 9.59 Å². The van der Waals surface area contributed by atoms with Crippen molar-refractivity contribution in [3.05, 3.63) is 69.5 Å². The molecule has 6 nitrogen and oxygen atoms in total. The Morgan fingerprint density at radius 2 is 1.92 bits per heavy atom. The first-order valence-corrected chi connectivity index (χ1v) is 8.23. The van der Waals surface area contributed by atoms with E-state index in [1.165, 1.54) is 6.07 Å². The molecule has 0 radical (unpaired) electrons. The Balaban J connectivity index is 1.62. The maximum Gasteiger partial charge on any atom is 0.287 e. The third kappa shape index (κ3) is 3.97. The lowest BCUT2D eigenvalue weighted by atomic mass is 10.2. The second kappa shape index (κ2) is 7.93. The maximum atomic E-state index is 12.2. The van der Waals surface area contributed by atoms with E-state index in [-0.39, 0.29) is 24.3 Å². The number of hydrogen-bond donors (Lipinski definition) is 1. The highest BCUT2D eigenvalue weighted by Crippen LogP contribution is 2.25. The smallest absolute Gasteiger partial charge is 0.287 e. The van der Waals surface area contributed by atoms with Crippen LogP contribution in [-0.4, -0.2) is 26.2 Å². The molecule has 0 bridgehead atoms. The lowest BCUT2D eigenvalue weighted by molar-refractivity contribution is 0.0919. The summed E-state index contributed by atoms with van der Waals surface area (Å²) in [5, 5.41) is 3.40. The summed E-state index contributed by atoms with van der Waals surface area (Å²) in [6, 6.07) is 13.0. The van der Waals surface area contributed by atoms with Crippen LogP contribution in [0.25, 0.3) is 11.0 Å². The molecule has 0 aliphatic carbocycles. The van der Waals surface area contributed by atoms with Gasteiger partial charge in [0, 0.05) is 11.1 Å². The summed E-state index contributed by atoms with van der Waals surface area (Å²) in [5.41, 5.74) is -0.0264. The monoisotopic (exact) mass is 373 g/mol. The van der Waals surface area contributed by atoms with Crippen molar-refractivity contribution in [2.24, 2.45) is 0 Å². The SMILES string of the molecule is COc1ccccc1OCCNC(=O)c1cc(=O)c2cc(Cl)ccc2o1. The molecule has 3 rings (SSSR count). The van der Waals surface area contributed by atoms with E-state index in [1.807, 2.05) is 12.1 Å². The van der Waals surface area contributed by atoms with Gasteiger partial charge in [0.05, 0.1) is 19.0 Å². The van der Waals surface area contributed by atoms with Crippen LogP contribution in [0.5, 0.6) is 11.5 Å². The van der Waals surface area contributed by atoms with E-state index in [0.717, 1.165) is 6.07 Å². The summed E-state index contributed by atoms with van der Waals surface area (Å²) in [6.07, 6.45) is 0. The predicted octanol–water partition coefficient (Wildman–Crippen LogP) is 3.26. The van der Waals surface area contributed by atoms with Gasteiger partial charge < -0.3 is 19.2 Å². The zero-order valence-corrected chi connectivity index (χ0v) is 14.7. The number of fused-ring (bicyclic) bond motifs is 1.